The Labute approximate surface area is 210 Å². The van der Waals surface area contributed by atoms with E-state index in [4.69, 9.17) is 9.47 Å². The van der Waals surface area contributed by atoms with Crippen LogP contribution in [-0.2, 0) is 26.8 Å². The smallest absolute Gasteiger partial charge is 0.268 e. The Bertz CT molecular complexity index is 1530. The van der Waals surface area contributed by atoms with Crippen LogP contribution in [0.25, 0.3) is 16.7 Å². The van der Waals surface area contributed by atoms with Crippen LogP contribution in [0.4, 0.5) is 0 Å². The summed E-state index contributed by atoms with van der Waals surface area (Å²) in [6.07, 6.45) is 3.56. The Morgan fingerprint density at radius 3 is 2.53 bits per heavy atom. The number of fused-ring (bicyclic) bond motifs is 1. The van der Waals surface area contributed by atoms with E-state index in [0.29, 0.717) is 6.61 Å². The molecule has 2 aromatic carbocycles. The first-order valence-corrected chi connectivity index (χ1v) is 12.8. The Kier molecular flexibility index (Phi) is 6.88. The van der Waals surface area contributed by atoms with Crippen molar-refractivity contribution < 1.29 is 22.7 Å². The molecule has 0 aliphatic heterocycles. The average Bonchev–Trinajstić information content (AvgIpc) is 3.26. The van der Waals surface area contributed by atoms with Gasteiger partial charge in [0.05, 0.1) is 19.2 Å². The number of nitrogens with one attached hydrogen (secondary N) is 1. The second-order valence-electron chi connectivity index (χ2n) is 9.43. The first kappa shape index (κ1) is 25.4. The summed E-state index contributed by atoms with van der Waals surface area (Å²) in [6.45, 7) is 6.35. The Morgan fingerprint density at radius 2 is 1.83 bits per heavy atom. The van der Waals surface area contributed by atoms with Crippen LogP contribution in [-0.4, -0.2) is 38.1 Å². The van der Waals surface area contributed by atoms with Crippen molar-refractivity contribution in [2.75, 3.05) is 14.2 Å². The fraction of sp³-hybridized carbons (Fsp3) is 0.259. The zero-order chi connectivity index (χ0) is 26.1. The molecule has 0 aliphatic rings. The van der Waals surface area contributed by atoms with Gasteiger partial charge in [0.1, 0.15) is 16.5 Å². The lowest BCUT2D eigenvalue weighted by Gasteiger charge is -2.21. The first-order valence-electron chi connectivity index (χ1n) is 11.3. The number of nitrogens with zero attached hydrogens (tertiary/aromatic N) is 2. The predicted octanol–water partition coefficient (Wildman–Crippen LogP) is 4.60. The monoisotopic (exact) mass is 507 g/mol. The van der Waals surface area contributed by atoms with Crippen molar-refractivity contribution in [1.29, 1.82) is 0 Å². The fourth-order valence-corrected chi connectivity index (χ4v) is 5.14. The van der Waals surface area contributed by atoms with Crippen molar-refractivity contribution in [2.24, 2.45) is 0 Å². The minimum Gasteiger partial charge on any atom is -0.495 e. The van der Waals surface area contributed by atoms with Gasteiger partial charge in [0, 0.05) is 36.0 Å². The van der Waals surface area contributed by atoms with E-state index in [1.54, 1.807) is 43.6 Å². The number of benzene rings is 2. The molecular weight excluding hydrogens is 478 g/mol. The Balaban J connectivity index is 1.66. The molecular formula is C27H29N3O5S. The van der Waals surface area contributed by atoms with Gasteiger partial charge in [0.2, 0.25) is 0 Å². The standard InChI is InChI=1S/C27H29N3O5S/c1-27(2,3)21-9-11-23(35-5)24(16-21)36(32,33)29-26(31)19-8-10-22-18(15-19)12-14-30(22)25-20(17-34-4)7-6-13-28-25/h6-16H,17H2,1-5H3,(H,29,31). The second kappa shape index (κ2) is 9.75. The molecule has 8 nitrogen and oxygen atoms in total. The molecule has 0 spiro atoms. The van der Waals surface area contributed by atoms with Crippen LogP contribution in [0.3, 0.4) is 0 Å². The van der Waals surface area contributed by atoms with Gasteiger partial charge in [-0.3, -0.25) is 4.79 Å². The highest BCUT2D eigenvalue weighted by atomic mass is 32.2. The highest BCUT2D eigenvalue weighted by molar-refractivity contribution is 7.90. The number of carbonyl (C=O) groups is 1. The summed E-state index contributed by atoms with van der Waals surface area (Å²) >= 11 is 0. The lowest BCUT2D eigenvalue weighted by atomic mass is 9.87. The van der Waals surface area contributed by atoms with Crippen molar-refractivity contribution in [3.05, 3.63) is 83.7 Å². The van der Waals surface area contributed by atoms with Gasteiger partial charge in [-0.15, -0.1) is 0 Å². The van der Waals surface area contributed by atoms with Crippen molar-refractivity contribution >= 4 is 26.8 Å². The minimum absolute atomic E-state index is 0.0844. The number of methoxy groups -OCH3 is 2. The molecule has 0 atom stereocenters. The number of amides is 1. The number of rotatable bonds is 7. The number of carbonyl (C=O) groups excluding carboxylic acids is 1. The summed E-state index contributed by atoms with van der Waals surface area (Å²) in [5, 5.41) is 0.765. The van der Waals surface area contributed by atoms with Crippen molar-refractivity contribution in [3.8, 4) is 11.6 Å². The van der Waals surface area contributed by atoms with Crippen LogP contribution in [0.1, 0.15) is 42.3 Å². The van der Waals surface area contributed by atoms with E-state index in [2.05, 4.69) is 9.71 Å². The van der Waals surface area contributed by atoms with Gasteiger partial charge in [-0.25, -0.2) is 18.1 Å². The van der Waals surface area contributed by atoms with Gasteiger partial charge in [-0.2, -0.15) is 0 Å². The number of sulfonamides is 1. The summed E-state index contributed by atoms with van der Waals surface area (Å²) in [5.41, 5.74) is 2.48. The predicted molar refractivity (Wildman–Crippen MR) is 138 cm³/mol. The van der Waals surface area contributed by atoms with Gasteiger partial charge in [0.25, 0.3) is 15.9 Å². The molecule has 0 unspecified atom stereocenters. The number of hydrogen-bond acceptors (Lipinski definition) is 6. The Hall–Kier alpha value is -3.69. The zero-order valence-electron chi connectivity index (χ0n) is 20.9. The van der Waals surface area contributed by atoms with Crippen molar-refractivity contribution in [2.45, 2.75) is 37.7 Å². The molecule has 0 radical (unpaired) electrons. The molecule has 0 bridgehead atoms. The highest BCUT2D eigenvalue weighted by Crippen LogP contribution is 2.31. The fourth-order valence-electron chi connectivity index (χ4n) is 3.97. The molecule has 4 aromatic rings. The maximum atomic E-state index is 13.2. The zero-order valence-corrected chi connectivity index (χ0v) is 21.7. The van der Waals surface area contributed by atoms with Crippen LogP contribution in [0.5, 0.6) is 5.75 Å². The molecule has 1 amide bonds. The molecule has 0 saturated carbocycles. The first-order chi connectivity index (χ1) is 17.0. The van der Waals surface area contributed by atoms with Gasteiger partial charge in [0.15, 0.2) is 0 Å². The molecule has 36 heavy (non-hydrogen) atoms. The van der Waals surface area contributed by atoms with Gasteiger partial charge in [-0.1, -0.05) is 32.9 Å². The van der Waals surface area contributed by atoms with Crippen molar-refractivity contribution in [1.82, 2.24) is 14.3 Å². The van der Waals surface area contributed by atoms with Crippen LogP contribution < -0.4 is 9.46 Å². The van der Waals surface area contributed by atoms with E-state index in [0.717, 1.165) is 27.8 Å². The number of pyridine rings is 1. The number of ether oxygens (including phenoxy) is 2. The van der Waals surface area contributed by atoms with E-state index in [-0.39, 0.29) is 21.6 Å². The molecule has 0 fully saturated rings. The lowest BCUT2D eigenvalue weighted by Crippen LogP contribution is -2.31. The topological polar surface area (TPSA) is 99.5 Å². The maximum Gasteiger partial charge on any atom is 0.268 e. The molecule has 2 heterocycles. The summed E-state index contributed by atoms with van der Waals surface area (Å²) < 4.78 is 41.0. The molecule has 2 aromatic heterocycles. The minimum atomic E-state index is -4.19. The van der Waals surface area contributed by atoms with E-state index in [1.165, 1.54) is 7.11 Å². The third-order valence-corrected chi connectivity index (χ3v) is 7.25. The van der Waals surface area contributed by atoms with Crippen molar-refractivity contribution in [3.63, 3.8) is 0 Å². The highest BCUT2D eigenvalue weighted by Gasteiger charge is 2.26. The Morgan fingerprint density at radius 1 is 1.06 bits per heavy atom. The molecule has 0 aliphatic carbocycles. The van der Waals surface area contributed by atoms with Gasteiger partial charge < -0.3 is 14.0 Å². The average molecular weight is 508 g/mol. The maximum absolute atomic E-state index is 13.2. The van der Waals surface area contributed by atoms with Crippen LogP contribution >= 0.6 is 0 Å². The van der Waals surface area contributed by atoms with Crippen LogP contribution in [0.15, 0.2) is 71.9 Å². The lowest BCUT2D eigenvalue weighted by molar-refractivity contribution is 0.0981. The van der Waals surface area contributed by atoms with Crippen LogP contribution in [0.2, 0.25) is 0 Å². The normalized spacial score (nSPS) is 12.0. The number of hydrogen-bond donors (Lipinski definition) is 1. The third kappa shape index (κ3) is 4.98. The SMILES string of the molecule is COCc1cccnc1-n1ccc2cc(C(=O)NS(=O)(=O)c3cc(C(C)(C)C)ccc3OC)ccc21. The summed E-state index contributed by atoms with van der Waals surface area (Å²) in [7, 11) is -1.17. The second-order valence-corrected chi connectivity index (χ2v) is 11.1. The molecule has 9 heteroatoms. The van der Waals surface area contributed by atoms with Crippen LogP contribution in [0, 0.1) is 0 Å². The van der Waals surface area contributed by atoms with Gasteiger partial charge >= 0.3 is 0 Å². The summed E-state index contributed by atoms with van der Waals surface area (Å²) in [5.74, 6) is 0.156. The molecule has 0 saturated heterocycles. The largest absolute Gasteiger partial charge is 0.495 e. The molecule has 188 valence electrons. The van der Waals surface area contributed by atoms with E-state index < -0.39 is 15.9 Å². The van der Waals surface area contributed by atoms with E-state index in [1.807, 2.05) is 55.8 Å². The molecule has 4 rings (SSSR count). The van der Waals surface area contributed by atoms with Gasteiger partial charge in [-0.05, 0) is 53.4 Å². The van der Waals surface area contributed by atoms with E-state index >= 15 is 0 Å². The molecule has 1 N–H and O–H groups in total. The summed E-state index contributed by atoms with van der Waals surface area (Å²) in [4.78, 5) is 17.4. The number of aromatic nitrogens is 2. The van der Waals surface area contributed by atoms with E-state index in [9.17, 15) is 13.2 Å². The quantitative estimate of drug-likeness (QED) is 0.393. The third-order valence-electron chi connectivity index (χ3n) is 5.89. The summed E-state index contributed by atoms with van der Waals surface area (Å²) in [6, 6.07) is 15.6.